The van der Waals surface area contributed by atoms with Crippen molar-refractivity contribution in [2.24, 2.45) is 4.41 Å². The molecule has 0 amide bonds. The normalized spacial score (nSPS) is 14.2. The highest BCUT2D eigenvalue weighted by atomic mass is 31.1. The molecule has 0 aromatic carbocycles. The highest BCUT2D eigenvalue weighted by molar-refractivity contribution is 7.23. The molecule has 0 saturated heterocycles. The molecule has 0 radical (unpaired) electrons. The summed E-state index contributed by atoms with van der Waals surface area (Å²) in [5, 5.41) is 0. The Morgan fingerprint density at radius 1 is 1.33 bits per heavy atom. The van der Waals surface area contributed by atoms with E-state index in [1.807, 2.05) is 19.6 Å². The Hall–Kier alpha value is 0.0669. The lowest BCUT2D eigenvalue weighted by Gasteiger charge is -2.07. The minimum atomic E-state index is -4.25. The van der Waals surface area contributed by atoms with Gasteiger partial charge in [-0.15, -0.1) is 0 Å². The van der Waals surface area contributed by atoms with Gasteiger partial charge < -0.3 is 4.52 Å². The van der Waals surface area contributed by atoms with Gasteiger partial charge in [-0.1, -0.05) is 0 Å². The quantitative estimate of drug-likeness (QED) is 0.524. The Bertz CT molecular complexity index is 165. The van der Waals surface area contributed by atoms with E-state index in [9.17, 15) is 13.2 Å². The lowest BCUT2D eigenvalue weighted by molar-refractivity contribution is -0.151. The van der Waals surface area contributed by atoms with Gasteiger partial charge in [0.1, 0.15) is 0 Å². The average molecular weight is 217 g/mol. The summed E-state index contributed by atoms with van der Waals surface area (Å²) in [6.07, 6.45) is -4.25. The Morgan fingerprint density at radius 2 is 1.83 bits per heavy atom. The van der Waals surface area contributed by atoms with Crippen LogP contribution in [0, 0.1) is 0 Å². The SMILES string of the molecule is C[Si](C)(C)N=POCC(F)(F)F. The van der Waals surface area contributed by atoms with E-state index in [1.165, 1.54) is 0 Å². The fraction of sp³-hybridized carbons (Fsp3) is 1.00. The van der Waals surface area contributed by atoms with Gasteiger partial charge in [-0.3, -0.25) is 4.41 Å². The highest BCUT2D eigenvalue weighted by Gasteiger charge is 2.27. The van der Waals surface area contributed by atoms with E-state index >= 15 is 0 Å². The van der Waals surface area contributed by atoms with E-state index in [2.05, 4.69) is 8.93 Å². The van der Waals surface area contributed by atoms with Crippen molar-refractivity contribution in [2.75, 3.05) is 6.61 Å². The molecule has 0 atom stereocenters. The summed E-state index contributed by atoms with van der Waals surface area (Å²) in [6, 6.07) is 0. The first-order valence-corrected chi connectivity index (χ1v) is 7.53. The molecule has 2 nitrogen and oxygen atoms in total. The second kappa shape index (κ2) is 4.34. The minimum Gasteiger partial charge on any atom is -0.302 e. The van der Waals surface area contributed by atoms with Gasteiger partial charge in [0, 0.05) is 0 Å². The van der Waals surface area contributed by atoms with E-state index in [-0.39, 0.29) is 8.60 Å². The molecular formula is C5H11F3NOPSi. The Kier molecular flexibility index (Phi) is 4.37. The summed E-state index contributed by atoms with van der Waals surface area (Å²) in [7, 11) is -1.54. The van der Waals surface area contributed by atoms with Crippen LogP contribution in [0.5, 0.6) is 0 Å². The number of hydrogen-bond acceptors (Lipinski definition) is 2. The van der Waals surface area contributed by atoms with Gasteiger partial charge in [-0.25, -0.2) is 0 Å². The van der Waals surface area contributed by atoms with E-state index in [4.69, 9.17) is 0 Å². The molecule has 0 rings (SSSR count). The van der Waals surface area contributed by atoms with Gasteiger partial charge in [0.05, 0.1) is 0 Å². The fourth-order valence-corrected chi connectivity index (χ4v) is 1.67. The molecule has 0 aromatic rings. The van der Waals surface area contributed by atoms with Gasteiger partial charge in [0.25, 0.3) is 0 Å². The molecule has 0 unspecified atom stereocenters. The van der Waals surface area contributed by atoms with Crippen molar-refractivity contribution in [3.05, 3.63) is 0 Å². The zero-order valence-electron chi connectivity index (χ0n) is 7.14. The smallest absolute Gasteiger partial charge is 0.302 e. The lowest BCUT2D eigenvalue weighted by Crippen LogP contribution is -2.15. The first-order valence-electron chi connectivity index (χ1n) is 3.32. The van der Waals surface area contributed by atoms with Crippen molar-refractivity contribution in [2.45, 2.75) is 25.8 Å². The average Bonchev–Trinajstić information content (AvgIpc) is 1.76. The third-order valence-electron chi connectivity index (χ3n) is 0.627. The Labute approximate surface area is 72.2 Å². The van der Waals surface area contributed by atoms with Crippen LogP contribution in [0.4, 0.5) is 13.2 Å². The van der Waals surface area contributed by atoms with Gasteiger partial charge >= 0.3 is 6.18 Å². The molecule has 7 heteroatoms. The van der Waals surface area contributed by atoms with Gasteiger partial charge in [-0.2, -0.15) is 13.2 Å². The van der Waals surface area contributed by atoms with E-state index in [0.717, 1.165) is 0 Å². The molecule has 0 spiro atoms. The molecule has 0 aliphatic rings. The second-order valence-corrected chi connectivity index (χ2v) is 8.80. The third kappa shape index (κ3) is 10.1. The third-order valence-corrected chi connectivity index (χ3v) is 3.60. The van der Waals surface area contributed by atoms with Crippen LogP contribution < -0.4 is 0 Å². The number of alkyl halides is 3. The zero-order valence-corrected chi connectivity index (χ0v) is 9.04. The van der Waals surface area contributed by atoms with Crippen LogP contribution in [0.15, 0.2) is 4.41 Å². The molecule has 0 N–H and O–H groups in total. The monoisotopic (exact) mass is 217 g/mol. The first kappa shape index (κ1) is 12.1. The van der Waals surface area contributed by atoms with Crippen LogP contribution in [-0.4, -0.2) is 21.0 Å². The molecular weight excluding hydrogens is 206 g/mol. The van der Waals surface area contributed by atoms with Crippen molar-refractivity contribution in [3.8, 4) is 0 Å². The summed E-state index contributed by atoms with van der Waals surface area (Å²) in [6.45, 7) is 4.56. The lowest BCUT2D eigenvalue weighted by atomic mass is 10.7. The van der Waals surface area contributed by atoms with Gasteiger partial charge in [0.15, 0.2) is 23.4 Å². The van der Waals surface area contributed by atoms with Crippen molar-refractivity contribution in [1.82, 2.24) is 0 Å². The van der Waals surface area contributed by atoms with Crippen molar-refractivity contribution >= 4 is 16.8 Å². The molecule has 72 valence electrons. The molecule has 0 saturated carbocycles. The standard InChI is InChI=1S/C5H11F3NOPSi/c1-12(2,3)9-11-10-4-5(6,7)8/h4H2,1-3H3. The predicted molar refractivity (Wildman–Crippen MR) is 44.7 cm³/mol. The van der Waals surface area contributed by atoms with Crippen LogP contribution in [0.25, 0.3) is 0 Å². The Balaban J connectivity index is 3.64. The number of rotatable bonds is 3. The Morgan fingerprint density at radius 3 is 2.17 bits per heavy atom. The maximum absolute atomic E-state index is 11.5. The van der Waals surface area contributed by atoms with Crippen LogP contribution in [-0.2, 0) is 4.52 Å². The van der Waals surface area contributed by atoms with E-state index in [1.54, 1.807) is 0 Å². The summed E-state index contributed by atoms with van der Waals surface area (Å²) in [5.74, 6) is 0. The van der Waals surface area contributed by atoms with Crippen molar-refractivity contribution < 1.29 is 17.7 Å². The second-order valence-electron chi connectivity index (χ2n) is 3.24. The maximum Gasteiger partial charge on any atom is 0.412 e. The molecule has 0 heterocycles. The number of halogens is 3. The topological polar surface area (TPSA) is 21.6 Å². The van der Waals surface area contributed by atoms with Gasteiger partial charge in [-0.05, 0) is 19.6 Å². The van der Waals surface area contributed by atoms with Crippen LogP contribution in [0.1, 0.15) is 0 Å². The summed E-state index contributed by atoms with van der Waals surface area (Å²) in [5.41, 5.74) is 0. The van der Waals surface area contributed by atoms with Crippen LogP contribution in [0.3, 0.4) is 0 Å². The van der Waals surface area contributed by atoms with Gasteiger partial charge in [0.2, 0.25) is 0 Å². The van der Waals surface area contributed by atoms with Crippen molar-refractivity contribution in [3.63, 3.8) is 0 Å². The minimum absolute atomic E-state index is 0.0889. The largest absolute Gasteiger partial charge is 0.412 e. The summed E-state index contributed by atoms with van der Waals surface area (Å²) < 4.78 is 42.8. The molecule has 0 aliphatic heterocycles. The number of nitrogens with zero attached hydrogens (tertiary/aromatic N) is 1. The molecule has 0 bridgehead atoms. The van der Waals surface area contributed by atoms with Crippen LogP contribution in [0.2, 0.25) is 19.6 Å². The fourth-order valence-electron chi connectivity index (χ4n) is 0.253. The zero-order chi connectivity index (χ0) is 9.83. The maximum atomic E-state index is 11.5. The van der Waals surface area contributed by atoms with Crippen LogP contribution >= 0.6 is 8.60 Å². The molecule has 12 heavy (non-hydrogen) atoms. The van der Waals surface area contributed by atoms with E-state index < -0.39 is 21.0 Å². The van der Waals surface area contributed by atoms with E-state index in [0.29, 0.717) is 0 Å². The number of hydrogen-bond donors (Lipinski definition) is 0. The molecule has 0 aromatic heterocycles. The summed E-state index contributed by atoms with van der Waals surface area (Å²) >= 11 is 0. The summed E-state index contributed by atoms with van der Waals surface area (Å²) in [4.78, 5) is 0. The molecule has 0 fully saturated rings. The molecule has 0 aliphatic carbocycles. The van der Waals surface area contributed by atoms with Crippen molar-refractivity contribution in [1.29, 1.82) is 0 Å². The first-order chi connectivity index (χ1) is 5.21. The highest BCUT2D eigenvalue weighted by Crippen LogP contribution is 2.19. The predicted octanol–water partition coefficient (Wildman–Crippen LogP) is 3.45.